The second-order valence-electron chi connectivity index (χ2n) is 6.16. The standard InChI is InChI=1S/C15H30N2O/c1-2-5-14-6-3-9-17(10-7-14)15(12-16)8-4-11-18-13-15/h14H,2-13,16H2,1H3. The Bertz CT molecular complexity index is 239. The average molecular weight is 254 g/mol. The highest BCUT2D eigenvalue weighted by Crippen LogP contribution is 2.30. The smallest absolute Gasteiger partial charge is 0.0662 e. The molecule has 2 atom stereocenters. The van der Waals surface area contributed by atoms with Crippen molar-refractivity contribution >= 4 is 0 Å². The van der Waals surface area contributed by atoms with Crippen molar-refractivity contribution in [3.05, 3.63) is 0 Å². The molecule has 0 saturated carbocycles. The number of hydrogen-bond donors (Lipinski definition) is 1. The van der Waals surface area contributed by atoms with Crippen molar-refractivity contribution in [3.8, 4) is 0 Å². The molecule has 0 bridgehead atoms. The van der Waals surface area contributed by atoms with Gasteiger partial charge in [-0.1, -0.05) is 19.8 Å². The number of hydrogen-bond acceptors (Lipinski definition) is 3. The summed E-state index contributed by atoms with van der Waals surface area (Å²) in [6.45, 7) is 7.28. The van der Waals surface area contributed by atoms with E-state index >= 15 is 0 Å². The Labute approximate surface area is 112 Å². The molecule has 0 spiro atoms. The van der Waals surface area contributed by atoms with Gasteiger partial charge in [-0.25, -0.2) is 0 Å². The summed E-state index contributed by atoms with van der Waals surface area (Å²) in [6.07, 6.45) is 9.23. The number of rotatable bonds is 4. The summed E-state index contributed by atoms with van der Waals surface area (Å²) in [4.78, 5) is 2.65. The molecule has 3 nitrogen and oxygen atoms in total. The van der Waals surface area contributed by atoms with Crippen LogP contribution in [0.4, 0.5) is 0 Å². The van der Waals surface area contributed by atoms with Crippen molar-refractivity contribution in [3.63, 3.8) is 0 Å². The first kappa shape index (κ1) is 14.3. The van der Waals surface area contributed by atoms with Crippen molar-refractivity contribution < 1.29 is 4.74 Å². The highest BCUT2D eigenvalue weighted by atomic mass is 16.5. The highest BCUT2D eigenvalue weighted by Gasteiger charge is 2.38. The van der Waals surface area contributed by atoms with E-state index in [0.29, 0.717) is 0 Å². The molecule has 2 unspecified atom stereocenters. The van der Waals surface area contributed by atoms with Gasteiger partial charge in [-0.3, -0.25) is 4.90 Å². The van der Waals surface area contributed by atoms with Gasteiger partial charge in [0.1, 0.15) is 0 Å². The van der Waals surface area contributed by atoms with Crippen LogP contribution in [0.3, 0.4) is 0 Å². The maximum absolute atomic E-state index is 6.09. The Morgan fingerprint density at radius 1 is 1.28 bits per heavy atom. The van der Waals surface area contributed by atoms with Crippen LogP contribution in [0.2, 0.25) is 0 Å². The van der Waals surface area contributed by atoms with E-state index in [4.69, 9.17) is 10.5 Å². The lowest BCUT2D eigenvalue weighted by atomic mass is 9.90. The van der Waals surface area contributed by atoms with E-state index in [0.717, 1.165) is 25.7 Å². The van der Waals surface area contributed by atoms with Crippen LogP contribution in [0.1, 0.15) is 51.9 Å². The maximum atomic E-state index is 6.09. The van der Waals surface area contributed by atoms with E-state index in [1.165, 1.54) is 58.0 Å². The molecule has 0 aromatic rings. The fraction of sp³-hybridized carbons (Fsp3) is 1.00. The van der Waals surface area contributed by atoms with E-state index in [1.54, 1.807) is 0 Å². The van der Waals surface area contributed by atoms with Crippen LogP contribution < -0.4 is 5.73 Å². The Balaban J connectivity index is 1.94. The van der Waals surface area contributed by atoms with Gasteiger partial charge in [0.15, 0.2) is 0 Å². The van der Waals surface area contributed by atoms with Crippen LogP contribution in [0.5, 0.6) is 0 Å². The fourth-order valence-electron chi connectivity index (χ4n) is 3.71. The minimum Gasteiger partial charge on any atom is -0.379 e. The average Bonchev–Trinajstić information content (AvgIpc) is 2.66. The Kier molecular flexibility index (Phi) is 5.46. The summed E-state index contributed by atoms with van der Waals surface area (Å²) in [6, 6.07) is 0. The van der Waals surface area contributed by atoms with Gasteiger partial charge >= 0.3 is 0 Å². The highest BCUT2D eigenvalue weighted by molar-refractivity contribution is 4.94. The van der Waals surface area contributed by atoms with E-state index in [-0.39, 0.29) is 5.54 Å². The van der Waals surface area contributed by atoms with Crippen LogP contribution in [0.25, 0.3) is 0 Å². The molecule has 2 fully saturated rings. The van der Waals surface area contributed by atoms with E-state index < -0.39 is 0 Å². The lowest BCUT2D eigenvalue weighted by Gasteiger charge is -2.45. The molecule has 106 valence electrons. The quantitative estimate of drug-likeness (QED) is 0.837. The summed E-state index contributed by atoms with van der Waals surface area (Å²) in [5.41, 5.74) is 6.24. The van der Waals surface area contributed by atoms with Crippen molar-refractivity contribution in [1.29, 1.82) is 0 Å². The predicted octanol–water partition coefficient (Wildman–Crippen LogP) is 2.40. The second kappa shape index (κ2) is 6.88. The Hall–Kier alpha value is -0.120. The van der Waals surface area contributed by atoms with Crippen LogP contribution in [-0.4, -0.2) is 43.3 Å². The topological polar surface area (TPSA) is 38.5 Å². The molecule has 2 N–H and O–H groups in total. The van der Waals surface area contributed by atoms with Crippen molar-refractivity contribution in [2.45, 2.75) is 57.4 Å². The summed E-state index contributed by atoms with van der Waals surface area (Å²) < 4.78 is 5.72. The second-order valence-corrected chi connectivity index (χ2v) is 6.16. The van der Waals surface area contributed by atoms with Crippen LogP contribution in [0.15, 0.2) is 0 Å². The SMILES string of the molecule is CCCC1CCCN(C2(CN)CCCOC2)CC1. The third kappa shape index (κ3) is 3.25. The molecule has 0 aliphatic carbocycles. The van der Waals surface area contributed by atoms with Crippen molar-refractivity contribution in [2.75, 3.05) is 32.8 Å². The van der Waals surface area contributed by atoms with Gasteiger partial charge in [-0.05, 0) is 51.1 Å². The zero-order valence-electron chi connectivity index (χ0n) is 12.0. The maximum Gasteiger partial charge on any atom is 0.0662 e. The molecule has 2 heterocycles. The molecule has 2 saturated heterocycles. The third-order valence-electron chi connectivity index (χ3n) is 4.90. The fourth-order valence-corrected chi connectivity index (χ4v) is 3.71. The largest absolute Gasteiger partial charge is 0.379 e. The molecule has 2 aliphatic heterocycles. The van der Waals surface area contributed by atoms with Crippen LogP contribution >= 0.6 is 0 Å². The zero-order chi connectivity index (χ0) is 12.8. The lowest BCUT2D eigenvalue weighted by molar-refractivity contribution is -0.0441. The van der Waals surface area contributed by atoms with Crippen molar-refractivity contribution in [2.24, 2.45) is 11.7 Å². The minimum atomic E-state index is 0.152. The monoisotopic (exact) mass is 254 g/mol. The Morgan fingerprint density at radius 3 is 2.83 bits per heavy atom. The van der Waals surface area contributed by atoms with E-state index in [2.05, 4.69) is 11.8 Å². The van der Waals surface area contributed by atoms with Crippen LogP contribution in [0, 0.1) is 5.92 Å². The molecular formula is C15H30N2O. The molecule has 0 amide bonds. The Morgan fingerprint density at radius 2 is 2.17 bits per heavy atom. The number of nitrogens with zero attached hydrogens (tertiary/aromatic N) is 1. The normalized spacial score (nSPS) is 35.3. The molecule has 2 rings (SSSR count). The van der Waals surface area contributed by atoms with Gasteiger partial charge in [0, 0.05) is 13.2 Å². The van der Waals surface area contributed by atoms with Crippen LogP contribution in [-0.2, 0) is 4.74 Å². The van der Waals surface area contributed by atoms with Gasteiger partial charge in [-0.15, -0.1) is 0 Å². The number of likely N-dealkylation sites (tertiary alicyclic amines) is 1. The summed E-state index contributed by atoms with van der Waals surface area (Å²) in [5, 5.41) is 0. The van der Waals surface area contributed by atoms with Crippen molar-refractivity contribution in [1.82, 2.24) is 4.90 Å². The predicted molar refractivity (Wildman–Crippen MR) is 75.7 cm³/mol. The number of ether oxygens (including phenoxy) is 1. The molecule has 0 aromatic carbocycles. The van der Waals surface area contributed by atoms with Gasteiger partial charge in [0.05, 0.1) is 12.1 Å². The first-order valence-corrected chi connectivity index (χ1v) is 7.83. The van der Waals surface area contributed by atoms with Gasteiger partial charge in [0.25, 0.3) is 0 Å². The zero-order valence-corrected chi connectivity index (χ0v) is 12.0. The molecule has 3 heteroatoms. The summed E-state index contributed by atoms with van der Waals surface area (Å²) in [5.74, 6) is 0.944. The third-order valence-corrected chi connectivity index (χ3v) is 4.90. The lowest BCUT2D eigenvalue weighted by Crippen LogP contribution is -2.59. The van der Waals surface area contributed by atoms with Gasteiger partial charge in [-0.2, -0.15) is 0 Å². The number of nitrogens with two attached hydrogens (primary N) is 1. The summed E-state index contributed by atoms with van der Waals surface area (Å²) in [7, 11) is 0. The van der Waals surface area contributed by atoms with E-state index in [1.807, 2.05) is 0 Å². The van der Waals surface area contributed by atoms with Gasteiger partial charge in [0.2, 0.25) is 0 Å². The first-order chi connectivity index (χ1) is 8.80. The summed E-state index contributed by atoms with van der Waals surface area (Å²) >= 11 is 0. The molecular weight excluding hydrogens is 224 g/mol. The van der Waals surface area contributed by atoms with E-state index in [9.17, 15) is 0 Å². The molecule has 0 aromatic heterocycles. The molecule has 2 aliphatic rings. The van der Waals surface area contributed by atoms with Gasteiger partial charge < -0.3 is 10.5 Å². The molecule has 18 heavy (non-hydrogen) atoms. The molecule has 0 radical (unpaired) electrons. The minimum absolute atomic E-state index is 0.152. The first-order valence-electron chi connectivity index (χ1n) is 7.83.